The number of hydrogen-bond donors (Lipinski definition) is 3. The molecule has 0 spiro atoms. The van der Waals surface area contributed by atoms with Crippen molar-refractivity contribution in [1.82, 2.24) is 21.3 Å². The highest BCUT2D eigenvalue weighted by Gasteiger charge is 2.53. The SMILES string of the molecule is CC12CCC(Cl)CC1C(c1ccccc1F)NCC1CNNN12. The van der Waals surface area contributed by atoms with E-state index in [1.54, 1.807) is 12.1 Å². The quantitative estimate of drug-likeness (QED) is 0.687. The van der Waals surface area contributed by atoms with Crippen LogP contribution in [-0.4, -0.2) is 35.1 Å². The first kappa shape index (κ1) is 15.8. The molecule has 1 saturated carbocycles. The minimum atomic E-state index is -0.128. The summed E-state index contributed by atoms with van der Waals surface area (Å²) in [5.74, 6) is 0.130. The van der Waals surface area contributed by atoms with E-state index in [2.05, 4.69) is 28.2 Å². The van der Waals surface area contributed by atoms with Crippen LogP contribution in [0.5, 0.6) is 0 Å². The van der Waals surface area contributed by atoms with E-state index in [1.807, 2.05) is 12.1 Å². The Morgan fingerprint density at radius 1 is 1.30 bits per heavy atom. The third kappa shape index (κ3) is 2.59. The molecule has 6 heteroatoms. The molecule has 0 radical (unpaired) electrons. The number of nitrogens with zero attached hydrogens (tertiary/aromatic N) is 1. The summed E-state index contributed by atoms with van der Waals surface area (Å²) in [6, 6.07) is 7.50. The Hall–Kier alpha value is -0.720. The number of nitrogens with one attached hydrogen (secondary N) is 3. The lowest BCUT2D eigenvalue weighted by atomic mass is 9.68. The van der Waals surface area contributed by atoms with Gasteiger partial charge in [0, 0.05) is 35.6 Å². The number of benzene rings is 1. The molecule has 1 aliphatic carbocycles. The highest BCUT2D eigenvalue weighted by Crippen LogP contribution is 2.48. The van der Waals surface area contributed by atoms with E-state index < -0.39 is 0 Å². The van der Waals surface area contributed by atoms with Gasteiger partial charge < -0.3 is 5.32 Å². The standard InChI is InChI=1S/C17H24ClFN4/c1-17-7-6-11(18)8-14(17)16(13-4-2-3-5-15(13)19)20-9-12-10-21-22-23(12)17/h2-5,11-12,14,16,20-22H,6-10H2,1H3. The molecule has 23 heavy (non-hydrogen) atoms. The van der Waals surface area contributed by atoms with Crippen molar-refractivity contribution in [2.75, 3.05) is 13.1 Å². The maximum atomic E-state index is 14.5. The zero-order chi connectivity index (χ0) is 16.0. The van der Waals surface area contributed by atoms with Gasteiger partial charge in [0.2, 0.25) is 0 Å². The summed E-state index contributed by atoms with van der Waals surface area (Å²) in [6.45, 7) is 4.02. The Balaban J connectivity index is 1.76. The van der Waals surface area contributed by atoms with Crippen LogP contribution in [0.4, 0.5) is 4.39 Å². The van der Waals surface area contributed by atoms with Crippen molar-refractivity contribution in [2.45, 2.75) is 49.2 Å². The summed E-state index contributed by atoms with van der Waals surface area (Å²) in [6.07, 6.45) is 2.92. The minimum absolute atomic E-state index is 0.00449. The molecule has 2 saturated heterocycles. The van der Waals surface area contributed by atoms with Crippen molar-refractivity contribution >= 4 is 11.6 Å². The molecule has 2 aliphatic heterocycles. The van der Waals surface area contributed by atoms with Crippen LogP contribution in [0.3, 0.4) is 0 Å². The van der Waals surface area contributed by atoms with Crippen molar-refractivity contribution in [3.8, 4) is 0 Å². The summed E-state index contributed by atoms with van der Waals surface area (Å²) >= 11 is 6.51. The van der Waals surface area contributed by atoms with E-state index in [4.69, 9.17) is 11.6 Å². The van der Waals surface area contributed by atoms with Crippen molar-refractivity contribution in [1.29, 1.82) is 0 Å². The third-order valence-corrected chi connectivity index (χ3v) is 6.34. The lowest BCUT2D eigenvalue weighted by Gasteiger charge is -2.50. The van der Waals surface area contributed by atoms with Gasteiger partial charge in [-0.25, -0.2) is 14.8 Å². The largest absolute Gasteiger partial charge is 0.308 e. The molecule has 4 nitrogen and oxygen atoms in total. The first-order valence-corrected chi connectivity index (χ1v) is 8.93. The smallest absolute Gasteiger partial charge is 0.127 e. The highest BCUT2D eigenvalue weighted by molar-refractivity contribution is 6.20. The normalized spacial score (nSPS) is 41.2. The van der Waals surface area contributed by atoms with Crippen molar-refractivity contribution in [2.24, 2.45) is 5.92 Å². The van der Waals surface area contributed by atoms with Crippen LogP contribution in [0.25, 0.3) is 0 Å². The molecule has 1 aromatic rings. The number of alkyl halides is 1. The van der Waals surface area contributed by atoms with Crippen LogP contribution in [0, 0.1) is 11.7 Å². The zero-order valence-electron chi connectivity index (χ0n) is 13.4. The lowest BCUT2D eigenvalue weighted by molar-refractivity contribution is -0.0263. The van der Waals surface area contributed by atoms with Gasteiger partial charge in [-0.2, -0.15) is 5.53 Å². The molecule has 3 aliphatic rings. The van der Waals surface area contributed by atoms with Gasteiger partial charge in [0.25, 0.3) is 0 Å². The van der Waals surface area contributed by atoms with Crippen molar-refractivity contribution < 1.29 is 4.39 Å². The average Bonchev–Trinajstić information content (AvgIpc) is 2.98. The third-order valence-electron chi connectivity index (χ3n) is 5.94. The number of fused-ring (bicyclic) bond motifs is 3. The molecule has 3 N–H and O–H groups in total. The predicted octanol–water partition coefficient (Wildman–Crippen LogP) is 2.33. The number of halogens is 2. The van der Waals surface area contributed by atoms with Gasteiger partial charge >= 0.3 is 0 Å². The van der Waals surface area contributed by atoms with Gasteiger partial charge in [-0.1, -0.05) is 18.2 Å². The Morgan fingerprint density at radius 3 is 2.96 bits per heavy atom. The van der Waals surface area contributed by atoms with Crippen LogP contribution in [0.2, 0.25) is 0 Å². The molecular formula is C17H24ClFN4. The Morgan fingerprint density at radius 2 is 2.13 bits per heavy atom. The second-order valence-corrected chi connectivity index (χ2v) is 7.88. The van der Waals surface area contributed by atoms with Gasteiger partial charge in [-0.05, 0) is 38.2 Å². The molecule has 4 rings (SSSR count). The predicted molar refractivity (Wildman–Crippen MR) is 89.3 cm³/mol. The van der Waals surface area contributed by atoms with Crippen LogP contribution in [0.1, 0.15) is 37.8 Å². The fourth-order valence-corrected chi connectivity index (χ4v) is 4.98. The van der Waals surface area contributed by atoms with Crippen LogP contribution in [0.15, 0.2) is 24.3 Å². The zero-order valence-corrected chi connectivity index (χ0v) is 14.1. The lowest BCUT2D eigenvalue weighted by Crippen LogP contribution is -2.61. The number of rotatable bonds is 1. The fourth-order valence-electron chi connectivity index (χ4n) is 4.67. The Bertz CT molecular complexity index is 585. The van der Waals surface area contributed by atoms with Gasteiger partial charge in [0.15, 0.2) is 0 Å². The van der Waals surface area contributed by atoms with Gasteiger partial charge in [0.1, 0.15) is 5.82 Å². The molecule has 2 heterocycles. The second kappa shape index (κ2) is 5.97. The van der Waals surface area contributed by atoms with E-state index in [1.165, 1.54) is 0 Å². The van der Waals surface area contributed by atoms with Gasteiger partial charge in [0.05, 0.1) is 6.04 Å². The topological polar surface area (TPSA) is 39.3 Å². The molecular weight excluding hydrogens is 315 g/mol. The minimum Gasteiger partial charge on any atom is -0.308 e. The Kier molecular flexibility index (Phi) is 4.10. The Labute approximate surface area is 141 Å². The summed E-state index contributed by atoms with van der Waals surface area (Å²) in [7, 11) is 0. The molecule has 0 amide bonds. The van der Waals surface area contributed by atoms with E-state index in [0.717, 1.165) is 37.9 Å². The molecule has 1 aromatic carbocycles. The monoisotopic (exact) mass is 338 g/mol. The summed E-state index contributed by atoms with van der Waals surface area (Å²) in [4.78, 5) is 0. The number of hydrogen-bond acceptors (Lipinski definition) is 4. The highest BCUT2D eigenvalue weighted by atomic mass is 35.5. The molecule has 5 unspecified atom stereocenters. The molecule has 3 fully saturated rings. The summed E-state index contributed by atoms with van der Waals surface area (Å²) in [5.41, 5.74) is 7.32. The van der Waals surface area contributed by atoms with Gasteiger partial charge in [-0.3, -0.25) is 0 Å². The first-order chi connectivity index (χ1) is 11.1. The summed E-state index contributed by atoms with van der Waals surface area (Å²) in [5, 5.41) is 6.15. The second-order valence-electron chi connectivity index (χ2n) is 7.26. The number of hydrazine groups is 2. The average molecular weight is 339 g/mol. The van der Waals surface area contributed by atoms with E-state index >= 15 is 0 Å². The molecule has 0 aromatic heterocycles. The van der Waals surface area contributed by atoms with Crippen LogP contribution in [-0.2, 0) is 0 Å². The van der Waals surface area contributed by atoms with Crippen LogP contribution >= 0.6 is 11.6 Å². The fraction of sp³-hybridized carbons (Fsp3) is 0.647. The maximum absolute atomic E-state index is 14.5. The van der Waals surface area contributed by atoms with E-state index in [9.17, 15) is 4.39 Å². The van der Waals surface area contributed by atoms with Crippen LogP contribution < -0.4 is 16.3 Å². The summed E-state index contributed by atoms with van der Waals surface area (Å²) < 4.78 is 14.5. The molecule has 126 valence electrons. The molecule has 0 bridgehead atoms. The van der Waals surface area contributed by atoms with Gasteiger partial charge in [-0.15, -0.1) is 11.6 Å². The van der Waals surface area contributed by atoms with E-state index in [-0.39, 0.29) is 28.7 Å². The first-order valence-electron chi connectivity index (χ1n) is 8.49. The molecule has 5 atom stereocenters. The maximum Gasteiger partial charge on any atom is 0.127 e. The van der Waals surface area contributed by atoms with Crippen molar-refractivity contribution in [3.63, 3.8) is 0 Å². The van der Waals surface area contributed by atoms with E-state index in [0.29, 0.717) is 6.04 Å². The van der Waals surface area contributed by atoms with Crippen molar-refractivity contribution in [3.05, 3.63) is 35.6 Å².